The van der Waals surface area contributed by atoms with Crippen molar-refractivity contribution in [3.05, 3.63) is 77.9 Å². The monoisotopic (exact) mass is 432 g/mol. The van der Waals surface area contributed by atoms with Crippen molar-refractivity contribution in [3.63, 3.8) is 0 Å². The Labute approximate surface area is 191 Å². The van der Waals surface area contributed by atoms with Crippen LogP contribution in [0, 0.1) is 0 Å². The summed E-state index contributed by atoms with van der Waals surface area (Å²) in [5, 5.41) is 5.53. The number of rotatable bonds is 7. The van der Waals surface area contributed by atoms with E-state index in [1.54, 1.807) is 0 Å². The Morgan fingerprint density at radius 2 is 1.81 bits per heavy atom. The maximum absolute atomic E-state index is 12.2. The minimum Gasteiger partial charge on any atom is -0.368 e. The first kappa shape index (κ1) is 21.8. The zero-order valence-electron chi connectivity index (χ0n) is 18.3. The van der Waals surface area contributed by atoms with Gasteiger partial charge in [-0.15, -0.1) is 0 Å². The molecule has 0 aromatic heterocycles. The molecular formula is C27H32N2OS. The van der Waals surface area contributed by atoms with Crippen LogP contribution < -0.4 is 10.2 Å². The molecule has 0 bridgehead atoms. The molecule has 1 N–H and O–H groups in total. The topological polar surface area (TPSA) is 32.3 Å². The highest BCUT2D eigenvalue weighted by Crippen LogP contribution is 2.38. The van der Waals surface area contributed by atoms with Crippen LogP contribution in [0.25, 0.3) is 10.8 Å². The fourth-order valence-corrected chi connectivity index (χ4v) is 5.12. The van der Waals surface area contributed by atoms with Crippen LogP contribution in [0.1, 0.15) is 54.4 Å². The lowest BCUT2D eigenvalue weighted by Gasteiger charge is -2.39. The lowest BCUT2D eigenvalue weighted by molar-refractivity contribution is 0.0956. The molecule has 4 heteroatoms. The molecule has 0 heterocycles. The zero-order valence-corrected chi connectivity index (χ0v) is 19.2. The molecule has 2 atom stereocenters. The Bertz CT molecular complexity index is 1010. The van der Waals surface area contributed by atoms with Crippen LogP contribution in [-0.2, 0) is 0 Å². The highest BCUT2D eigenvalue weighted by Gasteiger charge is 2.28. The van der Waals surface area contributed by atoms with Gasteiger partial charge in [-0.3, -0.25) is 4.79 Å². The molecule has 1 aliphatic carbocycles. The molecule has 0 aliphatic heterocycles. The smallest absolute Gasteiger partial charge is 0.251 e. The summed E-state index contributed by atoms with van der Waals surface area (Å²) in [6.45, 7) is 3.87. The Hall–Kier alpha value is -2.46. The van der Waals surface area contributed by atoms with Crippen LogP contribution in [0.2, 0.25) is 0 Å². The molecule has 1 aliphatic rings. The number of hydrogen-bond donors (Lipinski definition) is 2. The minimum absolute atomic E-state index is 0.0183. The van der Waals surface area contributed by atoms with Crippen LogP contribution in [0.5, 0.6) is 0 Å². The predicted octanol–water partition coefficient (Wildman–Crippen LogP) is 6.05. The fourth-order valence-electron chi connectivity index (χ4n) is 5.01. The van der Waals surface area contributed by atoms with Gasteiger partial charge in [0.25, 0.3) is 5.91 Å². The Morgan fingerprint density at radius 3 is 2.58 bits per heavy atom. The van der Waals surface area contributed by atoms with E-state index in [0.717, 1.165) is 18.5 Å². The van der Waals surface area contributed by atoms with E-state index >= 15 is 0 Å². The fraction of sp³-hybridized carbons (Fsp3) is 0.370. The molecule has 0 saturated heterocycles. The molecular weight excluding hydrogens is 400 g/mol. The number of carbonyl (C=O) groups excluding carboxylic acids is 1. The van der Waals surface area contributed by atoms with E-state index in [0.29, 0.717) is 24.3 Å². The van der Waals surface area contributed by atoms with Gasteiger partial charge < -0.3 is 10.2 Å². The number of amides is 1. The summed E-state index contributed by atoms with van der Waals surface area (Å²) in [6, 6.07) is 24.1. The van der Waals surface area contributed by atoms with Crippen LogP contribution >= 0.6 is 12.6 Å². The average molecular weight is 433 g/mol. The van der Waals surface area contributed by atoms with Crippen molar-refractivity contribution in [1.29, 1.82) is 0 Å². The van der Waals surface area contributed by atoms with Crippen molar-refractivity contribution in [3.8, 4) is 0 Å². The SMILES string of the molecule is CCN(c1cccc2ccccc12)C1CCCC(c2ccc(C(=O)NCCS)cc2)C1. The molecule has 1 fully saturated rings. The zero-order chi connectivity index (χ0) is 21.6. The third-order valence-electron chi connectivity index (χ3n) is 6.55. The van der Waals surface area contributed by atoms with Crippen LogP contribution in [-0.4, -0.2) is 30.8 Å². The van der Waals surface area contributed by atoms with Gasteiger partial charge in [-0.05, 0) is 61.3 Å². The van der Waals surface area contributed by atoms with E-state index in [2.05, 4.69) is 84.4 Å². The van der Waals surface area contributed by atoms with Crippen molar-refractivity contribution >= 4 is 35.0 Å². The van der Waals surface area contributed by atoms with Crippen molar-refractivity contribution in [2.24, 2.45) is 0 Å². The second kappa shape index (κ2) is 10.2. The number of nitrogens with zero attached hydrogens (tertiary/aromatic N) is 1. The van der Waals surface area contributed by atoms with Gasteiger partial charge in [-0.2, -0.15) is 12.6 Å². The lowest BCUT2D eigenvalue weighted by atomic mass is 9.80. The van der Waals surface area contributed by atoms with Gasteiger partial charge >= 0.3 is 0 Å². The lowest BCUT2D eigenvalue weighted by Crippen LogP contribution is -2.38. The number of fused-ring (bicyclic) bond motifs is 1. The second-order valence-electron chi connectivity index (χ2n) is 8.40. The summed E-state index contributed by atoms with van der Waals surface area (Å²) in [5.74, 6) is 1.17. The van der Waals surface area contributed by atoms with E-state index in [1.165, 1.54) is 41.3 Å². The molecule has 0 radical (unpaired) electrons. The van der Waals surface area contributed by atoms with Gasteiger partial charge in [0.1, 0.15) is 0 Å². The number of benzene rings is 3. The number of nitrogens with one attached hydrogen (secondary N) is 1. The van der Waals surface area contributed by atoms with E-state index in [1.807, 2.05) is 12.1 Å². The number of hydrogen-bond acceptors (Lipinski definition) is 3. The molecule has 3 aromatic carbocycles. The summed E-state index contributed by atoms with van der Waals surface area (Å²) >= 11 is 4.15. The largest absolute Gasteiger partial charge is 0.368 e. The number of anilines is 1. The molecule has 162 valence electrons. The Balaban J connectivity index is 1.51. The molecule has 1 saturated carbocycles. The molecule has 1 amide bonds. The van der Waals surface area contributed by atoms with Crippen molar-refractivity contribution < 1.29 is 4.79 Å². The van der Waals surface area contributed by atoms with Crippen molar-refractivity contribution in [2.45, 2.75) is 44.6 Å². The summed E-state index contributed by atoms with van der Waals surface area (Å²) in [6.07, 6.45) is 4.84. The highest BCUT2D eigenvalue weighted by molar-refractivity contribution is 7.80. The van der Waals surface area contributed by atoms with E-state index in [9.17, 15) is 4.79 Å². The van der Waals surface area contributed by atoms with Gasteiger partial charge in [0.2, 0.25) is 0 Å². The van der Waals surface area contributed by atoms with Crippen LogP contribution in [0.3, 0.4) is 0 Å². The summed E-state index contributed by atoms with van der Waals surface area (Å²) in [4.78, 5) is 14.8. The highest BCUT2D eigenvalue weighted by atomic mass is 32.1. The first-order valence-corrected chi connectivity index (χ1v) is 12.1. The molecule has 2 unspecified atom stereocenters. The molecule has 4 rings (SSSR count). The second-order valence-corrected chi connectivity index (χ2v) is 8.85. The van der Waals surface area contributed by atoms with Gasteiger partial charge in [0.15, 0.2) is 0 Å². The number of thiol groups is 1. The summed E-state index contributed by atoms with van der Waals surface area (Å²) in [7, 11) is 0. The normalized spacial score (nSPS) is 18.6. The molecule has 0 spiro atoms. The van der Waals surface area contributed by atoms with Crippen molar-refractivity contribution in [1.82, 2.24) is 5.32 Å². The maximum Gasteiger partial charge on any atom is 0.251 e. The van der Waals surface area contributed by atoms with Gasteiger partial charge in [-0.1, -0.05) is 55.0 Å². The predicted molar refractivity (Wildman–Crippen MR) is 135 cm³/mol. The minimum atomic E-state index is -0.0183. The first-order valence-electron chi connectivity index (χ1n) is 11.4. The molecule has 3 nitrogen and oxygen atoms in total. The van der Waals surface area contributed by atoms with E-state index in [4.69, 9.17) is 0 Å². The third-order valence-corrected chi connectivity index (χ3v) is 6.77. The Kier molecular flexibility index (Phi) is 7.18. The molecule has 3 aromatic rings. The van der Waals surface area contributed by atoms with Gasteiger partial charge in [0.05, 0.1) is 0 Å². The molecule has 31 heavy (non-hydrogen) atoms. The average Bonchev–Trinajstić information content (AvgIpc) is 2.83. The van der Waals surface area contributed by atoms with Gasteiger partial charge in [0, 0.05) is 41.5 Å². The first-order chi connectivity index (χ1) is 15.2. The third kappa shape index (κ3) is 4.90. The quantitative estimate of drug-likeness (QED) is 0.445. The maximum atomic E-state index is 12.2. The van der Waals surface area contributed by atoms with Gasteiger partial charge in [-0.25, -0.2) is 0 Å². The standard InChI is InChI=1S/C27H32N2OS/c1-2-29(26-12-6-8-21-7-3-4-11-25(21)26)24-10-5-9-23(19-24)20-13-15-22(16-14-20)27(30)28-17-18-31/h3-4,6-8,11-16,23-24,31H,2,5,9-10,17-19H2,1H3,(H,28,30). The van der Waals surface area contributed by atoms with E-state index < -0.39 is 0 Å². The van der Waals surface area contributed by atoms with Crippen LogP contribution in [0.4, 0.5) is 5.69 Å². The number of carbonyl (C=O) groups is 1. The van der Waals surface area contributed by atoms with Crippen molar-refractivity contribution in [2.75, 3.05) is 23.7 Å². The Morgan fingerprint density at radius 1 is 1.03 bits per heavy atom. The summed E-state index contributed by atoms with van der Waals surface area (Å²) in [5.41, 5.74) is 3.43. The van der Waals surface area contributed by atoms with E-state index in [-0.39, 0.29) is 5.91 Å². The summed E-state index contributed by atoms with van der Waals surface area (Å²) < 4.78 is 0. The van der Waals surface area contributed by atoms with Crippen LogP contribution in [0.15, 0.2) is 66.7 Å².